The van der Waals surface area contributed by atoms with Gasteiger partial charge in [0, 0.05) is 13.0 Å². The molecule has 4 heteroatoms. The quantitative estimate of drug-likeness (QED) is 0.228. The van der Waals surface area contributed by atoms with Crippen molar-refractivity contribution in [3.63, 3.8) is 0 Å². The Morgan fingerprint density at radius 2 is 1.85 bits per heavy atom. The van der Waals surface area contributed by atoms with Crippen LogP contribution in [0.2, 0.25) is 0 Å². The van der Waals surface area contributed by atoms with Crippen LogP contribution in [0.25, 0.3) is 0 Å². The second-order valence-corrected chi connectivity index (χ2v) is 15.1. The maximum Gasteiger partial charge on any atom is 0.158 e. The van der Waals surface area contributed by atoms with E-state index in [0.29, 0.717) is 23.8 Å². The van der Waals surface area contributed by atoms with Gasteiger partial charge in [-0.25, -0.2) is 0 Å². The lowest BCUT2D eigenvalue weighted by molar-refractivity contribution is -0.127. The van der Waals surface area contributed by atoms with E-state index in [1.54, 1.807) is 5.57 Å². The van der Waals surface area contributed by atoms with E-state index in [1.165, 1.54) is 57.8 Å². The van der Waals surface area contributed by atoms with Gasteiger partial charge in [-0.2, -0.15) is 0 Å². The first-order chi connectivity index (χ1) is 18.6. The van der Waals surface area contributed by atoms with E-state index < -0.39 is 0 Å². The average Bonchev–Trinajstić information content (AvgIpc) is 3.24. The molecule has 1 N–H and O–H groups in total. The fourth-order valence-corrected chi connectivity index (χ4v) is 9.91. The predicted octanol–water partition coefficient (Wildman–Crippen LogP) is 7.69. The van der Waals surface area contributed by atoms with Crippen LogP contribution < -0.4 is 0 Å². The van der Waals surface area contributed by atoms with Gasteiger partial charge >= 0.3 is 0 Å². The highest BCUT2D eigenvalue weighted by atomic mass is 16.5. The van der Waals surface area contributed by atoms with Crippen LogP contribution in [0.1, 0.15) is 118 Å². The minimum atomic E-state index is 0.171. The normalized spacial score (nSPS) is 36.8. The third-order valence-electron chi connectivity index (χ3n) is 12.2. The minimum Gasteiger partial charge on any atom is -0.395 e. The molecule has 0 aromatic heterocycles. The van der Waals surface area contributed by atoms with Crippen LogP contribution in [-0.4, -0.2) is 55.2 Å². The summed E-state index contributed by atoms with van der Waals surface area (Å²) in [5, 5.41) is 9.03. The lowest BCUT2D eigenvalue weighted by atomic mass is 9.47. The number of allylic oxidation sites excluding steroid dienone is 1. The molecular weight excluding hydrogens is 482 g/mol. The zero-order valence-corrected chi connectivity index (χ0v) is 26.4. The monoisotopic (exact) mass is 543 g/mol. The van der Waals surface area contributed by atoms with E-state index in [2.05, 4.69) is 45.6 Å². The van der Waals surface area contributed by atoms with Crippen molar-refractivity contribution in [1.82, 2.24) is 4.90 Å². The molecule has 0 amide bonds. The first kappa shape index (κ1) is 31.2. The highest BCUT2D eigenvalue weighted by Gasteiger charge is 2.59. The fraction of sp³-hybridized carbons (Fsp3) is 0.914. The molecule has 224 valence electrons. The smallest absolute Gasteiger partial charge is 0.158 e. The Morgan fingerprint density at radius 3 is 2.59 bits per heavy atom. The van der Waals surface area contributed by atoms with Gasteiger partial charge in [0.1, 0.15) is 6.61 Å². The number of nitrogens with zero attached hydrogens (tertiary/aromatic N) is 1. The Kier molecular flexibility index (Phi) is 10.8. The summed E-state index contributed by atoms with van der Waals surface area (Å²) < 4.78 is 6.21. The Bertz CT molecular complexity index is 838. The topological polar surface area (TPSA) is 49.8 Å². The molecule has 3 fully saturated rings. The first-order valence-electron chi connectivity index (χ1n) is 16.7. The number of ether oxygens (including phenoxy) is 1. The molecular formula is C35H61NO3. The summed E-state index contributed by atoms with van der Waals surface area (Å²) in [5.41, 5.74) is 2.54. The SMILES string of the molecule is CC(C)CCCC(C)C1CCC2C3CC=C4C[C@@H](OCC(=O)CCCN(C)CCO)CCC4(C)C3CCC12C. The molecule has 3 saturated carbocycles. The maximum absolute atomic E-state index is 12.4. The third kappa shape index (κ3) is 7.03. The summed E-state index contributed by atoms with van der Waals surface area (Å²) in [6, 6.07) is 0. The molecule has 39 heavy (non-hydrogen) atoms. The van der Waals surface area contributed by atoms with E-state index in [9.17, 15) is 4.79 Å². The summed E-state index contributed by atoms with van der Waals surface area (Å²) in [4.78, 5) is 14.5. The summed E-state index contributed by atoms with van der Waals surface area (Å²) in [6.45, 7) is 14.5. The van der Waals surface area contributed by atoms with Gasteiger partial charge in [0.25, 0.3) is 0 Å². The third-order valence-corrected chi connectivity index (χ3v) is 12.2. The van der Waals surface area contributed by atoms with Crippen molar-refractivity contribution in [3.05, 3.63) is 11.6 Å². The number of aliphatic hydroxyl groups is 1. The average molecular weight is 544 g/mol. The van der Waals surface area contributed by atoms with Crippen LogP contribution in [0.5, 0.6) is 0 Å². The van der Waals surface area contributed by atoms with Gasteiger partial charge in [0.05, 0.1) is 12.7 Å². The molecule has 0 aromatic carbocycles. The van der Waals surface area contributed by atoms with Crippen LogP contribution in [0.15, 0.2) is 11.6 Å². The molecule has 7 unspecified atom stereocenters. The molecule has 4 aliphatic rings. The number of carbonyl (C=O) groups is 1. The zero-order chi connectivity index (χ0) is 28.2. The van der Waals surface area contributed by atoms with Gasteiger partial charge in [-0.3, -0.25) is 4.79 Å². The van der Waals surface area contributed by atoms with Crippen molar-refractivity contribution < 1.29 is 14.6 Å². The second kappa shape index (κ2) is 13.5. The number of aliphatic hydroxyl groups excluding tert-OH is 1. The van der Waals surface area contributed by atoms with Gasteiger partial charge in [-0.1, -0.05) is 65.5 Å². The number of ketones is 1. The molecule has 0 spiro atoms. The molecule has 0 radical (unpaired) electrons. The van der Waals surface area contributed by atoms with Gasteiger partial charge in [-0.15, -0.1) is 0 Å². The number of Topliss-reactive ketones (excluding diaryl/α,β-unsaturated/α-hetero) is 1. The van der Waals surface area contributed by atoms with Gasteiger partial charge in [0.2, 0.25) is 0 Å². The van der Waals surface area contributed by atoms with Crippen molar-refractivity contribution in [3.8, 4) is 0 Å². The molecule has 0 aliphatic heterocycles. The van der Waals surface area contributed by atoms with Crippen LogP contribution in [0, 0.1) is 46.3 Å². The molecule has 0 heterocycles. The Balaban J connectivity index is 1.30. The van der Waals surface area contributed by atoms with E-state index in [1.807, 2.05) is 7.05 Å². The van der Waals surface area contributed by atoms with Gasteiger partial charge in [-0.05, 0) is 118 Å². The molecule has 4 aliphatic carbocycles. The summed E-state index contributed by atoms with van der Waals surface area (Å²) in [5.74, 6) is 5.46. The predicted molar refractivity (Wildman–Crippen MR) is 162 cm³/mol. The van der Waals surface area contributed by atoms with E-state index in [4.69, 9.17) is 9.84 Å². The second-order valence-electron chi connectivity index (χ2n) is 15.1. The summed E-state index contributed by atoms with van der Waals surface area (Å²) in [7, 11) is 1.99. The van der Waals surface area contributed by atoms with Crippen LogP contribution in [0.3, 0.4) is 0 Å². The van der Waals surface area contributed by atoms with Crippen molar-refractivity contribution in [2.45, 2.75) is 124 Å². The zero-order valence-electron chi connectivity index (χ0n) is 26.4. The molecule has 0 aromatic rings. The molecule has 0 saturated heterocycles. The highest BCUT2D eigenvalue weighted by molar-refractivity contribution is 5.79. The number of likely N-dealkylation sites (N-methyl/N-ethyl adjacent to an activating group) is 1. The lowest BCUT2D eigenvalue weighted by Gasteiger charge is -2.58. The largest absolute Gasteiger partial charge is 0.395 e. The molecule has 8 atom stereocenters. The fourth-order valence-electron chi connectivity index (χ4n) is 9.91. The van der Waals surface area contributed by atoms with Crippen molar-refractivity contribution in [2.24, 2.45) is 46.3 Å². The van der Waals surface area contributed by atoms with E-state index in [0.717, 1.165) is 61.3 Å². The van der Waals surface area contributed by atoms with E-state index in [-0.39, 0.29) is 25.1 Å². The van der Waals surface area contributed by atoms with Crippen LogP contribution in [-0.2, 0) is 9.53 Å². The van der Waals surface area contributed by atoms with Crippen molar-refractivity contribution >= 4 is 5.78 Å². The van der Waals surface area contributed by atoms with Crippen molar-refractivity contribution in [2.75, 3.05) is 33.4 Å². The van der Waals surface area contributed by atoms with Gasteiger partial charge in [0.15, 0.2) is 5.78 Å². The number of fused-ring (bicyclic) bond motifs is 5. The van der Waals surface area contributed by atoms with Crippen LogP contribution in [0.4, 0.5) is 0 Å². The first-order valence-corrected chi connectivity index (χ1v) is 16.7. The minimum absolute atomic E-state index is 0.171. The summed E-state index contributed by atoms with van der Waals surface area (Å²) in [6.07, 6.45) is 18.9. The lowest BCUT2D eigenvalue weighted by Crippen LogP contribution is -2.51. The van der Waals surface area contributed by atoms with Gasteiger partial charge < -0.3 is 14.7 Å². The number of hydrogen-bond acceptors (Lipinski definition) is 4. The number of rotatable bonds is 14. The Hall–Kier alpha value is -0.710. The number of carbonyl (C=O) groups excluding carboxylic acids is 1. The van der Waals surface area contributed by atoms with Crippen molar-refractivity contribution in [1.29, 1.82) is 0 Å². The highest BCUT2D eigenvalue weighted by Crippen LogP contribution is 2.67. The van der Waals surface area contributed by atoms with E-state index >= 15 is 0 Å². The summed E-state index contributed by atoms with van der Waals surface area (Å²) >= 11 is 0. The Morgan fingerprint density at radius 1 is 1.05 bits per heavy atom. The standard InChI is InChI=1S/C35H61NO3/c1-25(2)9-7-10-26(3)31-14-15-32-30-13-12-27-23-29(39-24-28(38)11-8-20-36(6)21-22-37)16-18-34(27,4)33(30)17-19-35(31,32)5/h12,25-26,29-33,37H,7-11,13-24H2,1-6H3/t26?,29-,30?,31?,32?,33?,34?,35?/m0/s1. The molecule has 4 nitrogen and oxygen atoms in total. The van der Waals surface area contributed by atoms with Crippen LogP contribution >= 0.6 is 0 Å². The Labute approximate surface area is 240 Å². The molecule has 0 bridgehead atoms. The number of hydrogen-bond donors (Lipinski definition) is 1. The maximum atomic E-state index is 12.4. The molecule has 4 rings (SSSR count).